The fourth-order valence-corrected chi connectivity index (χ4v) is 4.15. The molecule has 1 unspecified atom stereocenters. The molecule has 0 fully saturated rings. The van der Waals surface area contributed by atoms with Crippen molar-refractivity contribution in [2.45, 2.75) is 19.1 Å². The van der Waals surface area contributed by atoms with Crippen molar-refractivity contribution in [1.29, 1.82) is 0 Å². The zero-order chi connectivity index (χ0) is 23.5. The van der Waals surface area contributed by atoms with Crippen molar-refractivity contribution in [2.75, 3.05) is 18.9 Å². The van der Waals surface area contributed by atoms with Gasteiger partial charge in [-0.05, 0) is 25.1 Å². The van der Waals surface area contributed by atoms with Gasteiger partial charge >= 0.3 is 6.18 Å². The second-order valence-corrected chi connectivity index (χ2v) is 7.64. The molecule has 2 aromatic carbocycles. The number of anilines is 1. The molecule has 1 aliphatic rings. The maximum atomic E-state index is 15.0. The number of ether oxygens (including phenoxy) is 1. The van der Waals surface area contributed by atoms with Crippen molar-refractivity contribution in [3.05, 3.63) is 65.4 Å². The highest BCUT2D eigenvalue weighted by Gasteiger charge is 2.37. The normalized spacial score (nSPS) is 15.6. The predicted molar refractivity (Wildman–Crippen MR) is 111 cm³/mol. The second kappa shape index (κ2) is 7.32. The summed E-state index contributed by atoms with van der Waals surface area (Å²) in [5.74, 6) is -1.18. The Balaban J connectivity index is 1.55. The number of imidazole rings is 1. The van der Waals surface area contributed by atoms with Gasteiger partial charge in [-0.3, -0.25) is 9.20 Å². The number of fused-ring (bicyclic) bond motifs is 4. The smallest absolute Gasteiger partial charge is 0.416 e. The van der Waals surface area contributed by atoms with E-state index in [4.69, 9.17) is 10.5 Å². The van der Waals surface area contributed by atoms with Gasteiger partial charge in [0.2, 0.25) is 0 Å². The molecular weight excluding hydrogens is 442 g/mol. The Morgan fingerprint density at radius 1 is 1.27 bits per heavy atom. The van der Waals surface area contributed by atoms with E-state index >= 15 is 0 Å². The largest absolute Gasteiger partial charge is 0.491 e. The molecule has 0 bridgehead atoms. The summed E-state index contributed by atoms with van der Waals surface area (Å²) in [6.45, 7) is 1.86. The van der Waals surface area contributed by atoms with Crippen LogP contribution in [0.2, 0.25) is 0 Å². The summed E-state index contributed by atoms with van der Waals surface area (Å²) in [6.07, 6.45) is -1.52. The average Bonchev–Trinajstić information content (AvgIpc) is 3.41. The molecule has 4 aromatic rings. The number of hydrogen-bond donors (Lipinski definition) is 1. The third-order valence-electron chi connectivity index (χ3n) is 5.77. The minimum Gasteiger partial charge on any atom is -0.491 e. The molecule has 11 heteroatoms. The lowest BCUT2D eigenvalue weighted by molar-refractivity contribution is -0.137. The number of rotatable bonds is 3. The molecule has 3 heterocycles. The van der Waals surface area contributed by atoms with Gasteiger partial charge in [-0.1, -0.05) is 6.07 Å². The minimum atomic E-state index is -4.51. The van der Waals surface area contributed by atoms with Crippen molar-refractivity contribution in [3.8, 4) is 5.75 Å². The van der Waals surface area contributed by atoms with Crippen LogP contribution < -0.4 is 10.5 Å². The van der Waals surface area contributed by atoms with E-state index in [1.54, 1.807) is 11.3 Å². The number of likely N-dealkylation sites (N-methyl/N-ethyl adjacent to an activating group) is 1. The van der Waals surface area contributed by atoms with Crippen LogP contribution >= 0.6 is 0 Å². The Bertz CT molecular complexity index is 1420. The van der Waals surface area contributed by atoms with Gasteiger partial charge in [0.25, 0.3) is 5.91 Å². The number of nitrogens with zero attached hydrogens (tertiary/aromatic N) is 4. The zero-order valence-electron chi connectivity index (χ0n) is 17.2. The van der Waals surface area contributed by atoms with Crippen molar-refractivity contribution in [1.82, 2.24) is 19.3 Å². The number of hydrogen-bond acceptors (Lipinski definition) is 5. The molecule has 7 nitrogen and oxygen atoms in total. The van der Waals surface area contributed by atoms with E-state index in [0.29, 0.717) is 16.6 Å². The lowest BCUT2D eigenvalue weighted by Gasteiger charge is -2.27. The van der Waals surface area contributed by atoms with Crippen molar-refractivity contribution in [2.24, 2.45) is 0 Å². The highest BCUT2D eigenvalue weighted by Crippen LogP contribution is 2.41. The summed E-state index contributed by atoms with van der Waals surface area (Å²) in [4.78, 5) is 23.0. The highest BCUT2D eigenvalue weighted by atomic mass is 19.4. The summed E-state index contributed by atoms with van der Waals surface area (Å²) in [5.41, 5.74) is 6.50. The molecule has 1 aliphatic heterocycles. The van der Waals surface area contributed by atoms with Gasteiger partial charge in [0.15, 0.2) is 0 Å². The summed E-state index contributed by atoms with van der Waals surface area (Å²) in [5, 5.41) is 0. The first-order valence-electron chi connectivity index (χ1n) is 10.0. The molecule has 0 spiro atoms. The lowest BCUT2D eigenvalue weighted by Crippen LogP contribution is -2.36. The Kier molecular flexibility index (Phi) is 4.66. The van der Waals surface area contributed by atoms with Crippen molar-refractivity contribution < 1.29 is 27.1 Å². The Morgan fingerprint density at radius 2 is 2.06 bits per heavy atom. The van der Waals surface area contributed by atoms with Crippen LogP contribution in [0.5, 0.6) is 5.75 Å². The maximum absolute atomic E-state index is 15.0. The van der Waals surface area contributed by atoms with Gasteiger partial charge in [0.05, 0.1) is 40.7 Å². The fourth-order valence-electron chi connectivity index (χ4n) is 4.15. The first kappa shape index (κ1) is 21.0. The standard InChI is InChI=1S/C22H17F4N5O2/c1-2-30(18-9-33-19-5-11(22(24,25)26)3-4-12(18)19)21(32)13-6-16-15(7-14(13)23)29-20(27)17-8-28-10-31(16)17/h3-8,10,18H,2,9H2,1H3,(H2,27,29). The average molecular weight is 459 g/mol. The van der Waals surface area contributed by atoms with Crippen LogP contribution in [0.1, 0.15) is 34.5 Å². The van der Waals surface area contributed by atoms with Crippen LogP contribution in [-0.2, 0) is 6.18 Å². The first-order valence-corrected chi connectivity index (χ1v) is 10.0. The monoisotopic (exact) mass is 459 g/mol. The number of benzene rings is 2. The van der Waals surface area contributed by atoms with Gasteiger partial charge in [0, 0.05) is 18.2 Å². The minimum absolute atomic E-state index is 0.0325. The van der Waals surface area contributed by atoms with Crippen LogP contribution in [0.4, 0.5) is 23.4 Å². The van der Waals surface area contributed by atoms with E-state index in [1.165, 1.54) is 29.6 Å². The summed E-state index contributed by atoms with van der Waals surface area (Å²) >= 11 is 0. The van der Waals surface area contributed by atoms with Crippen molar-refractivity contribution in [3.63, 3.8) is 0 Å². The maximum Gasteiger partial charge on any atom is 0.416 e. The molecule has 1 amide bonds. The van der Waals surface area contributed by atoms with E-state index in [9.17, 15) is 22.4 Å². The van der Waals surface area contributed by atoms with Crippen LogP contribution in [0.25, 0.3) is 16.6 Å². The van der Waals surface area contributed by atoms with E-state index in [1.807, 2.05) is 0 Å². The summed E-state index contributed by atoms with van der Waals surface area (Å²) < 4.78 is 61.1. The van der Waals surface area contributed by atoms with E-state index < -0.39 is 29.5 Å². The SMILES string of the molecule is CCN(C(=O)c1cc2c(cc1F)nc(N)c1cncn12)C1COc2cc(C(F)(F)F)ccc21. The number of carbonyl (C=O) groups excluding carboxylic acids is 1. The van der Waals surface area contributed by atoms with Gasteiger partial charge in [-0.25, -0.2) is 14.4 Å². The van der Waals surface area contributed by atoms with E-state index in [2.05, 4.69) is 9.97 Å². The van der Waals surface area contributed by atoms with Gasteiger partial charge in [0.1, 0.15) is 29.5 Å². The molecular formula is C22H17F4N5O2. The molecule has 1 atom stereocenters. The quantitative estimate of drug-likeness (QED) is 0.464. The number of nitrogen functional groups attached to an aromatic ring is 1. The van der Waals surface area contributed by atoms with E-state index in [0.717, 1.165) is 18.2 Å². The molecule has 170 valence electrons. The van der Waals surface area contributed by atoms with Crippen molar-refractivity contribution >= 4 is 28.3 Å². The second-order valence-electron chi connectivity index (χ2n) is 7.64. The first-order chi connectivity index (χ1) is 15.7. The third-order valence-corrected chi connectivity index (χ3v) is 5.77. The number of nitrogens with two attached hydrogens (primary N) is 1. The molecule has 2 aromatic heterocycles. The van der Waals surface area contributed by atoms with Crippen LogP contribution in [-0.4, -0.2) is 38.3 Å². The van der Waals surface area contributed by atoms with Crippen LogP contribution in [0, 0.1) is 5.82 Å². The summed E-state index contributed by atoms with van der Waals surface area (Å²) in [7, 11) is 0. The van der Waals surface area contributed by atoms with Gasteiger partial charge < -0.3 is 15.4 Å². The Morgan fingerprint density at radius 3 is 2.79 bits per heavy atom. The number of amides is 1. The number of aromatic nitrogens is 3. The van der Waals surface area contributed by atoms with Gasteiger partial charge in [-0.2, -0.15) is 13.2 Å². The molecule has 0 saturated heterocycles. The zero-order valence-corrected chi connectivity index (χ0v) is 17.2. The molecule has 0 saturated carbocycles. The predicted octanol–water partition coefficient (Wildman–Crippen LogP) is 4.22. The lowest BCUT2D eigenvalue weighted by atomic mass is 10.0. The fraction of sp³-hybridized carbons (Fsp3) is 0.227. The number of alkyl halides is 3. The summed E-state index contributed by atoms with van der Waals surface area (Å²) in [6, 6.07) is 5.00. The third kappa shape index (κ3) is 3.31. The Labute approximate surface area is 184 Å². The molecule has 33 heavy (non-hydrogen) atoms. The van der Waals surface area contributed by atoms with Gasteiger partial charge in [-0.15, -0.1) is 0 Å². The molecule has 5 rings (SSSR count). The molecule has 2 N–H and O–H groups in total. The number of carbonyl (C=O) groups is 1. The molecule has 0 aliphatic carbocycles. The topological polar surface area (TPSA) is 85.8 Å². The number of halogens is 4. The van der Waals surface area contributed by atoms with Crippen LogP contribution in [0.3, 0.4) is 0 Å². The Hall–Kier alpha value is -3.89. The highest BCUT2D eigenvalue weighted by molar-refractivity contribution is 5.98. The van der Waals surface area contributed by atoms with Crippen LogP contribution in [0.15, 0.2) is 42.9 Å². The molecule has 0 radical (unpaired) electrons. The van der Waals surface area contributed by atoms with E-state index in [-0.39, 0.29) is 35.8 Å².